The zero-order chi connectivity index (χ0) is 10.0. The van der Waals surface area contributed by atoms with Crippen LogP contribution in [0.2, 0.25) is 0 Å². The third-order valence-electron chi connectivity index (χ3n) is 1.66. The number of pyridine rings is 1. The molecule has 0 saturated carbocycles. The lowest BCUT2D eigenvalue weighted by Crippen LogP contribution is -1.99. The maximum atomic E-state index is 12.5. The van der Waals surface area contributed by atoms with Crippen molar-refractivity contribution in [1.82, 2.24) is 4.98 Å². The number of rotatable bonds is 2. The van der Waals surface area contributed by atoms with Crippen LogP contribution in [0.5, 0.6) is 0 Å². The Balaban J connectivity index is 3.30. The minimum absolute atomic E-state index is 0.0278. The Morgan fingerprint density at radius 1 is 1.54 bits per heavy atom. The molecule has 0 aliphatic rings. The summed E-state index contributed by atoms with van der Waals surface area (Å²) in [5, 5.41) is 0.340. The number of aryl methyl sites for hydroxylation is 1. The monoisotopic (exact) mass is 313 g/mol. The van der Waals surface area contributed by atoms with Crippen molar-refractivity contribution < 1.29 is 8.78 Å². The van der Waals surface area contributed by atoms with Crippen LogP contribution in [0.3, 0.4) is 0 Å². The van der Waals surface area contributed by atoms with Crippen molar-refractivity contribution in [2.75, 3.05) is 0 Å². The van der Waals surface area contributed by atoms with Crippen LogP contribution in [-0.2, 0) is 5.33 Å². The lowest BCUT2D eigenvalue weighted by molar-refractivity contribution is 0.149. The average Bonchev–Trinajstić information content (AvgIpc) is 2.01. The van der Waals surface area contributed by atoms with E-state index in [2.05, 4.69) is 36.8 Å². The molecule has 0 bridgehead atoms. The van der Waals surface area contributed by atoms with E-state index in [-0.39, 0.29) is 5.56 Å². The molecule has 1 aromatic heterocycles. The first-order valence-corrected chi connectivity index (χ1v) is 5.47. The second-order valence-corrected chi connectivity index (χ2v) is 3.93. The van der Waals surface area contributed by atoms with E-state index in [9.17, 15) is 8.78 Å². The molecule has 0 fully saturated rings. The fraction of sp³-hybridized carbons (Fsp3) is 0.375. The van der Waals surface area contributed by atoms with Gasteiger partial charge in [0.05, 0.1) is 5.69 Å². The van der Waals surface area contributed by atoms with Gasteiger partial charge in [-0.15, -0.1) is 0 Å². The highest BCUT2D eigenvalue weighted by Crippen LogP contribution is 2.28. The highest BCUT2D eigenvalue weighted by atomic mass is 79.9. The summed E-state index contributed by atoms with van der Waals surface area (Å²) < 4.78 is 25.6. The normalized spacial score (nSPS) is 10.9. The van der Waals surface area contributed by atoms with Gasteiger partial charge in [0.2, 0.25) is 0 Å². The van der Waals surface area contributed by atoms with Crippen LogP contribution < -0.4 is 0 Å². The highest BCUT2D eigenvalue weighted by Gasteiger charge is 2.16. The van der Waals surface area contributed by atoms with Gasteiger partial charge in [-0.3, -0.25) is 0 Å². The summed E-state index contributed by atoms with van der Waals surface area (Å²) in [6, 6.07) is 1.59. The van der Waals surface area contributed by atoms with Crippen LogP contribution in [0.25, 0.3) is 0 Å². The molecule has 1 rings (SSSR count). The van der Waals surface area contributed by atoms with Gasteiger partial charge in [0.1, 0.15) is 4.60 Å². The Hall–Kier alpha value is -0.0300. The summed E-state index contributed by atoms with van der Waals surface area (Å²) in [5.41, 5.74) is 0.980. The number of alkyl halides is 3. The smallest absolute Gasteiger partial charge is 0.245 e. The van der Waals surface area contributed by atoms with Gasteiger partial charge in [-0.05, 0) is 34.5 Å². The molecule has 0 radical (unpaired) electrons. The number of halogens is 4. The van der Waals surface area contributed by atoms with Crippen molar-refractivity contribution in [3.8, 4) is 0 Å². The lowest BCUT2D eigenvalue weighted by atomic mass is 10.1. The predicted octanol–water partition coefficient (Wildman–Crippen LogP) is 3.99. The first-order valence-electron chi connectivity index (χ1n) is 3.56. The van der Waals surface area contributed by atoms with E-state index < -0.39 is 6.43 Å². The Morgan fingerprint density at radius 2 is 2.15 bits per heavy atom. The second kappa shape index (κ2) is 4.46. The number of hydrogen-bond donors (Lipinski definition) is 0. The van der Waals surface area contributed by atoms with E-state index in [1.165, 1.54) is 0 Å². The van der Waals surface area contributed by atoms with Gasteiger partial charge in [0, 0.05) is 10.9 Å². The lowest BCUT2D eigenvalue weighted by Gasteiger charge is -2.09. The SMILES string of the molecule is Cc1cc(Br)nc(CBr)c1C(F)F. The number of nitrogens with zero attached hydrogens (tertiary/aromatic N) is 1. The number of aromatic nitrogens is 1. The van der Waals surface area contributed by atoms with Gasteiger partial charge in [0.15, 0.2) is 0 Å². The minimum Gasteiger partial charge on any atom is -0.245 e. The predicted molar refractivity (Wildman–Crippen MR) is 54.3 cm³/mol. The summed E-state index contributed by atoms with van der Waals surface area (Å²) in [7, 11) is 0. The maximum absolute atomic E-state index is 12.5. The second-order valence-electron chi connectivity index (χ2n) is 2.56. The van der Waals surface area contributed by atoms with Crippen LogP contribution in [0.1, 0.15) is 23.2 Å². The Morgan fingerprint density at radius 3 is 2.62 bits per heavy atom. The zero-order valence-electron chi connectivity index (χ0n) is 6.82. The molecule has 1 nitrogen and oxygen atoms in total. The Kier molecular flexibility index (Phi) is 3.79. The Labute approximate surface area is 91.8 Å². The van der Waals surface area contributed by atoms with E-state index in [0.29, 0.717) is 21.2 Å². The maximum Gasteiger partial charge on any atom is 0.265 e. The van der Waals surface area contributed by atoms with Crippen molar-refractivity contribution in [2.24, 2.45) is 0 Å². The number of hydrogen-bond acceptors (Lipinski definition) is 1. The first kappa shape index (κ1) is 11.0. The van der Waals surface area contributed by atoms with E-state index in [1.807, 2.05) is 0 Å². The van der Waals surface area contributed by atoms with Gasteiger partial charge in [-0.25, -0.2) is 13.8 Å². The summed E-state index contributed by atoms with van der Waals surface area (Å²) in [5.74, 6) is 0. The van der Waals surface area contributed by atoms with Crippen molar-refractivity contribution >= 4 is 31.9 Å². The molecule has 0 unspecified atom stereocenters. The van der Waals surface area contributed by atoms with Crippen molar-refractivity contribution in [3.63, 3.8) is 0 Å². The summed E-state index contributed by atoms with van der Waals surface area (Å²) >= 11 is 6.29. The molecule has 1 aromatic rings. The van der Waals surface area contributed by atoms with Crippen LogP contribution in [0.4, 0.5) is 8.78 Å². The van der Waals surface area contributed by atoms with Gasteiger partial charge < -0.3 is 0 Å². The van der Waals surface area contributed by atoms with E-state index in [4.69, 9.17) is 0 Å². The molecular weight excluding hydrogens is 308 g/mol. The van der Waals surface area contributed by atoms with E-state index in [0.717, 1.165) is 0 Å². The minimum atomic E-state index is -2.46. The van der Waals surface area contributed by atoms with Crippen LogP contribution in [-0.4, -0.2) is 4.98 Å². The van der Waals surface area contributed by atoms with Gasteiger partial charge >= 0.3 is 0 Å². The molecule has 13 heavy (non-hydrogen) atoms. The zero-order valence-corrected chi connectivity index (χ0v) is 9.99. The summed E-state index contributed by atoms with van der Waals surface area (Å²) in [6.45, 7) is 1.65. The summed E-state index contributed by atoms with van der Waals surface area (Å²) in [4.78, 5) is 3.96. The highest BCUT2D eigenvalue weighted by molar-refractivity contribution is 9.10. The quantitative estimate of drug-likeness (QED) is 0.594. The third kappa shape index (κ3) is 2.47. The molecule has 0 aromatic carbocycles. The van der Waals surface area contributed by atoms with Crippen LogP contribution in [0, 0.1) is 6.92 Å². The largest absolute Gasteiger partial charge is 0.265 e. The first-order chi connectivity index (χ1) is 6.06. The van der Waals surface area contributed by atoms with Crippen molar-refractivity contribution in [1.29, 1.82) is 0 Å². The fourth-order valence-electron chi connectivity index (χ4n) is 1.11. The van der Waals surface area contributed by atoms with Crippen LogP contribution in [0.15, 0.2) is 10.7 Å². The molecule has 0 saturated heterocycles. The van der Waals surface area contributed by atoms with Crippen molar-refractivity contribution in [3.05, 3.63) is 27.5 Å². The molecule has 0 amide bonds. The molecule has 0 aliphatic heterocycles. The van der Waals surface area contributed by atoms with Gasteiger partial charge in [-0.1, -0.05) is 15.9 Å². The molecular formula is C8H7Br2F2N. The van der Waals surface area contributed by atoms with Gasteiger partial charge in [0.25, 0.3) is 6.43 Å². The molecule has 72 valence electrons. The molecule has 0 aliphatic carbocycles. The molecule has 5 heteroatoms. The fourth-order valence-corrected chi connectivity index (χ4v) is 2.09. The van der Waals surface area contributed by atoms with E-state index in [1.54, 1.807) is 13.0 Å². The molecule has 1 heterocycles. The van der Waals surface area contributed by atoms with E-state index >= 15 is 0 Å². The molecule has 0 N–H and O–H groups in total. The standard InChI is InChI=1S/C8H7Br2F2N/c1-4-2-6(10)13-5(3-9)7(4)8(11)12/h2,8H,3H2,1H3. The third-order valence-corrected chi connectivity index (χ3v) is 2.60. The van der Waals surface area contributed by atoms with Gasteiger partial charge in [-0.2, -0.15) is 0 Å². The Bertz CT molecular complexity index is 315. The average molecular weight is 315 g/mol. The van der Waals surface area contributed by atoms with Crippen LogP contribution >= 0.6 is 31.9 Å². The molecule has 0 atom stereocenters. The topological polar surface area (TPSA) is 12.9 Å². The molecule has 0 spiro atoms. The summed E-state index contributed by atoms with van der Waals surface area (Å²) in [6.07, 6.45) is -2.46. The van der Waals surface area contributed by atoms with Crippen molar-refractivity contribution in [2.45, 2.75) is 18.7 Å².